The summed E-state index contributed by atoms with van der Waals surface area (Å²) in [5.41, 5.74) is 2.25. The SMILES string of the molecule is CCCCCc1cnc(N2CCC(Oc3ccc4c(I)n(C5CCOCC5)nc4c3)CC2)nc1. The van der Waals surface area contributed by atoms with Gasteiger partial charge < -0.3 is 14.4 Å². The number of aromatic nitrogens is 4. The van der Waals surface area contributed by atoms with Crippen molar-refractivity contribution in [3.63, 3.8) is 0 Å². The van der Waals surface area contributed by atoms with Crippen LogP contribution in [0.3, 0.4) is 0 Å². The number of ether oxygens (including phenoxy) is 2. The lowest BCUT2D eigenvalue weighted by atomic mass is 10.1. The van der Waals surface area contributed by atoms with Gasteiger partial charge in [-0.15, -0.1) is 0 Å². The Hall–Kier alpha value is -1.94. The highest BCUT2D eigenvalue weighted by Gasteiger charge is 2.24. The van der Waals surface area contributed by atoms with Gasteiger partial charge in [0.15, 0.2) is 0 Å². The minimum atomic E-state index is 0.207. The molecule has 0 spiro atoms. The van der Waals surface area contributed by atoms with Crippen LogP contribution in [0.2, 0.25) is 0 Å². The molecule has 5 rings (SSSR count). The summed E-state index contributed by atoms with van der Waals surface area (Å²) >= 11 is 2.42. The Bertz CT molecular complexity index is 1070. The van der Waals surface area contributed by atoms with E-state index < -0.39 is 0 Å². The lowest BCUT2D eigenvalue weighted by Gasteiger charge is -2.32. The Kier molecular flexibility index (Phi) is 7.83. The number of hydrogen-bond donors (Lipinski definition) is 0. The van der Waals surface area contributed by atoms with Crippen LogP contribution in [0.1, 0.15) is 63.5 Å². The van der Waals surface area contributed by atoms with E-state index >= 15 is 0 Å². The summed E-state index contributed by atoms with van der Waals surface area (Å²) in [6.45, 7) is 5.70. The molecule has 2 saturated heterocycles. The number of benzene rings is 1. The van der Waals surface area contributed by atoms with Crippen LogP contribution >= 0.6 is 22.6 Å². The Labute approximate surface area is 215 Å². The maximum atomic E-state index is 6.38. The maximum absolute atomic E-state index is 6.38. The first kappa shape index (κ1) is 23.8. The van der Waals surface area contributed by atoms with Crippen LogP contribution < -0.4 is 9.64 Å². The highest BCUT2D eigenvalue weighted by molar-refractivity contribution is 14.1. The second-order valence-corrected chi connectivity index (χ2v) is 10.4. The molecular formula is C26H34IN5O2. The third kappa shape index (κ3) is 5.48. The average Bonchev–Trinajstić information content (AvgIpc) is 3.21. The van der Waals surface area contributed by atoms with E-state index in [4.69, 9.17) is 14.6 Å². The first-order valence-corrected chi connectivity index (χ1v) is 13.8. The summed E-state index contributed by atoms with van der Waals surface area (Å²) in [7, 11) is 0. The monoisotopic (exact) mass is 575 g/mol. The van der Waals surface area contributed by atoms with Crippen molar-refractivity contribution in [1.29, 1.82) is 0 Å². The Morgan fingerprint density at radius 3 is 2.56 bits per heavy atom. The van der Waals surface area contributed by atoms with Gasteiger partial charge in [-0.1, -0.05) is 19.8 Å². The van der Waals surface area contributed by atoms with Gasteiger partial charge in [0, 0.05) is 63.0 Å². The molecule has 2 aliphatic rings. The predicted octanol–water partition coefficient (Wildman–Crippen LogP) is 5.56. The molecule has 182 valence electrons. The van der Waals surface area contributed by atoms with Gasteiger partial charge in [-0.25, -0.2) is 9.97 Å². The first-order chi connectivity index (χ1) is 16.7. The van der Waals surface area contributed by atoms with E-state index in [-0.39, 0.29) is 6.10 Å². The van der Waals surface area contributed by atoms with Crippen LogP contribution in [-0.2, 0) is 11.2 Å². The van der Waals surface area contributed by atoms with E-state index in [1.165, 1.54) is 33.9 Å². The molecule has 0 bridgehead atoms. The standard InChI is InChI=1S/C26H34IN5O2/c1-2-3-4-5-19-17-28-26(29-18-19)31-12-8-21(9-13-31)34-22-6-7-23-24(16-22)30-32(25(23)27)20-10-14-33-15-11-20/h6-7,16-18,20-21H,2-5,8-15H2,1H3. The van der Waals surface area contributed by atoms with Crippen LogP contribution in [0, 0.1) is 3.70 Å². The van der Waals surface area contributed by atoms with Crippen molar-refractivity contribution in [3.05, 3.63) is 39.9 Å². The third-order valence-electron chi connectivity index (χ3n) is 6.93. The molecule has 2 aliphatic heterocycles. The smallest absolute Gasteiger partial charge is 0.225 e. The molecule has 2 aromatic heterocycles. The molecule has 1 aromatic carbocycles. The fraction of sp³-hybridized carbons (Fsp3) is 0.577. The van der Waals surface area contributed by atoms with E-state index in [2.05, 4.69) is 67.3 Å². The van der Waals surface area contributed by atoms with E-state index in [0.717, 1.165) is 75.6 Å². The summed E-state index contributed by atoms with van der Waals surface area (Å²) < 4.78 is 15.3. The molecule has 0 N–H and O–H groups in total. The number of nitrogens with zero attached hydrogens (tertiary/aromatic N) is 5. The van der Waals surface area contributed by atoms with Gasteiger partial charge in [0.05, 0.1) is 11.6 Å². The first-order valence-electron chi connectivity index (χ1n) is 12.7. The molecule has 7 nitrogen and oxygen atoms in total. The molecule has 0 amide bonds. The van der Waals surface area contributed by atoms with Crippen LogP contribution in [0.5, 0.6) is 5.75 Å². The van der Waals surface area contributed by atoms with Gasteiger partial charge in [-0.2, -0.15) is 5.10 Å². The molecule has 34 heavy (non-hydrogen) atoms. The van der Waals surface area contributed by atoms with Crippen LogP contribution in [0.4, 0.5) is 5.95 Å². The van der Waals surface area contributed by atoms with Crippen molar-refractivity contribution >= 4 is 39.4 Å². The molecule has 0 radical (unpaired) electrons. The number of rotatable bonds is 8. The summed E-state index contributed by atoms with van der Waals surface area (Å²) in [6, 6.07) is 6.77. The van der Waals surface area contributed by atoms with Gasteiger partial charge in [0.25, 0.3) is 0 Å². The lowest BCUT2D eigenvalue weighted by molar-refractivity contribution is 0.0657. The van der Waals surface area contributed by atoms with Crippen molar-refractivity contribution in [1.82, 2.24) is 19.7 Å². The number of hydrogen-bond acceptors (Lipinski definition) is 6. The predicted molar refractivity (Wildman–Crippen MR) is 143 cm³/mol. The van der Waals surface area contributed by atoms with Gasteiger partial charge in [-0.05, 0) is 66.0 Å². The number of halogens is 1. The second kappa shape index (κ2) is 11.2. The molecule has 0 saturated carbocycles. The summed E-state index contributed by atoms with van der Waals surface area (Å²) in [5, 5.41) is 6.12. The van der Waals surface area contributed by atoms with Crippen molar-refractivity contribution < 1.29 is 9.47 Å². The van der Waals surface area contributed by atoms with Crippen LogP contribution in [-0.4, -0.2) is 52.2 Å². The largest absolute Gasteiger partial charge is 0.490 e. The highest BCUT2D eigenvalue weighted by atomic mass is 127. The van der Waals surface area contributed by atoms with E-state index in [1.807, 2.05) is 12.4 Å². The normalized spacial score (nSPS) is 18.0. The molecule has 0 unspecified atom stereocenters. The zero-order valence-corrected chi connectivity index (χ0v) is 22.1. The Balaban J connectivity index is 1.17. The quantitative estimate of drug-likeness (QED) is 0.259. The number of unbranched alkanes of at least 4 members (excludes halogenated alkanes) is 2. The number of anilines is 1. The van der Waals surface area contributed by atoms with Crippen LogP contribution in [0.25, 0.3) is 10.9 Å². The summed E-state index contributed by atoms with van der Waals surface area (Å²) in [5.74, 6) is 1.75. The van der Waals surface area contributed by atoms with Crippen molar-refractivity contribution in [2.24, 2.45) is 0 Å². The van der Waals surface area contributed by atoms with Gasteiger partial charge in [0.2, 0.25) is 5.95 Å². The fourth-order valence-electron chi connectivity index (χ4n) is 4.88. The molecule has 8 heteroatoms. The second-order valence-electron chi connectivity index (χ2n) is 9.41. The van der Waals surface area contributed by atoms with E-state index in [0.29, 0.717) is 6.04 Å². The summed E-state index contributed by atoms with van der Waals surface area (Å²) in [4.78, 5) is 11.5. The zero-order valence-electron chi connectivity index (χ0n) is 20.0. The number of aryl methyl sites for hydroxylation is 1. The average molecular weight is 575 g/mol. The van der Waals surface area contributed by atoms with E-state index in [1.54, 1.807) is 0 Å². The molecule has 0 aliphatic carbocycles. The topological polar surface area (TPSA) is 65.3 Å². The third-order valence-corrected chi connectivity index (χ3v) is 8.01. The van der Waals surface area contributed by atoms with Gasteiger partial charge >= 0.3 is 0 Å². The number of fused-ring (bicyclic) bond motifs is 1. The maximum Gasteiger partial charge on any atom is 0.225 e. The molecule has 2 fully saturated rings. The van der Waals surface area contributed by atoms with Crippen molar-refractivity contribution in [2.75, 3.05) is 31.2 Å². The minimum absolute atomic E-state index is 0.207. The van der Waals surface area contributed by atoms with Crippen molar-refractivity contribution in [2.45, 2.75) is 70.4 Å². The lowest BCUT2D eigenvalue weighted by Crippen LogP contribution is -2.39. The van der Waals surface area contributed by atoms with Gasteiger partial charge in [-0.3, -0.25) is 4.68 Å². The van der Waals surface area contributed by atoms with Crippen LogP contribution in [0.15, 0.2) is 30.6 Å². The molecule has 0 atom stereocenters. The van der Waals surface area contributed by atoms with Crippen molar-refractivity contribution in [3.8, 4) is 5.75 Å². The Morgan fingerprint density at radius 2 is 1.82 bits per heavy atom. The zero-order chi connectivity index (χ0) is 23.3. The highest BCUT2D eigenvalue weighted by Crippen LogP contribution is 2.31. The summed E-state index contributed by atoms with van der Waals surface area (Å²) in [6.07, 6.45) is 13.0. The number of piperidine rings is 1. The minimum Gasteiger partial charge on any atom is -0.490 e. The molecular weight excluding hydrogens is 541 g/mol. The van der Waals surface area contributed by atoms with E-state index in [9.17, 15) is 0 Å². The Morgan fingerprint density at radius 1 is 1.06 bits per heavy atom. The molecule has 4 heterocycles. The van der Waals surface area contributed by atoms with Gasteiger partial charge in [0.1, 0.15) is 15.6 Å². The molecule has 3 aromatic rings. The fourth-order valence-corrected chi connectivity index (χ4v) is 5.84.